The zero-order chi connectivity index (χ0) is 19.0. The molecule has 3 N–H and O–H groups in total. The van der Waals surface area contributed by atoms with Crippen LogP contribution in [-0.4, -0.2) is 46.1 Å². The standard InChI is InChI=1S/C18H17ClN4O3S/c19-15-8-10-7-12(22-17(10)27-15)16(25)21-13-9-11-14(3-1-4-20-11)23(18(13)26)5-2-6-24/h1,3-4,7-8,13,22,24H,2,5-6,9H2,(H,21,25). The van der Waals surface area contributed by atoms with Crippen molar-refractivity contribution in [1.29, 1.82) is 0 Å². The first-order valence-corrected chi connectivity index (χ1v) is 9.71. The summed E-state index contributed by atoms with van der Waals surface area (Å²) in [6.45, 7) is 0.356. The summed E-state index contributed by atoms with van der Waals surface area (Å²) in [4.78, 5) is 35.3. The average molecular weight is 405 g/mol. The van der Waals surface area contributed by atoms with Crippen LogP contribution in [-0.2, 0) is 11.2 Å². The predicted molar refractivity (Wildman–Crippen MR) is 104 cm³/mol. The summed E-state index contributed by atoms with van der Waals surface area (Å²) >= 11 is 7.32. The van der Waals surface area contributed by atoms with Crippen molar-refractivity contribution in [3.63, 3.8) is 0 Å². The number of anilines is 1. The highest BCUT2D eigenvalue weighted by molar-refractivity contribution is 7.22. The van der Waals surface area contributed by atoms with E-state index in [0.717, 1.165) is 21.6 Å². The second kappa shape index (κ2) is 7.30. The molecule has 1 unspecified atom stereocenters. The summed E-state index contributed by atoms with van der Waals surface area (Å²) in [5.74, 6) is -0.553. The third-order valence-electron chi connectivity index (χ3n) is 4.49. The quantitative estimate of drug-likeness (QED) is 0.607. The van der Waals surface area contributed by atoms with Crippen molar-refractivity contribution in [2.45, 2.75) is 18.9 Å². The van der Waals surface area contributed by atoms with Gasteiger partial charge < -0.3 is 20.3 Å². The minimum Gasteiger partial charge on any atom is -0.396 e. The number of nitrogens with one attached hydrogen (secondary N) is 2. The highest BCUT2D eigenvalue weighted by Crippen LogP contribution is 2.30. The Kier molecular flexibility index (Phi) is 4.86. The van der Waals surface area contributed by atoms with E-state index in [2.05, 4.69) is 15.3 Å². The smallest absolute Gasteiger partial charge is 0.268 e. The summed E-state index contributed by atoms with van der Waals surface area (Å²) in [5.41, 5.74) is 1.87. The molecule has 0 spiro atoms. The Morgan fingerprint density at radius 3 is 3.11 bits per heavy atom. The Bertz CT molecular complexity index is 984. The van der Waals surface area contributed by atoms with Gasteiger partial charge in [-0.05, 0) is 30.7 Å². The molecule has 9 heteroatoms. The fourth-order valence-electron chi connectivity index (χ4n) is 3.24. The van der Waals surface area contributed by atoms with Crippen LogP contribution in [0.1, 0.15) is 22.6 Å². The number of rotatable bonds is 5. The van der Waals surface area contributed by atoms with Crippen LogP contribution in [0.15, 0.2) is 30.5 Å². The van der Waals surface area contributed by atoms with Gasteiger partial charge in [-0.3, -0.25) is 14.6 Å². The average Bonchev–Trinajstić information content (AvgIpc) is 3.19. The van der Waals surface area contributed by atoms with Crippen molar-refractivity contribution in [1.82, 2.24) is 15.3 Å². The second-order valence-corrected chi connectivity index (χ2v) is 7.97. The topological polar surface area (TPSA) is 98.3 Å². The number of hydrogen-bond acceptors (Lipinski definition) is 5. The van der Waals surface area contributed by atoms with E-state index in [-0.39, 0.29) is 18.4 Å². The zero-order valence-corrected chi connectivity index (χ0v) is 15.8. The van der Waals surface area contributed by atoms with Gasteiger partial charge in [0.1, 0.15) is 16.6 Å². The number of halogens is 1. The Balaban J connectivity index is 1.56. The van der Waals surface area contributed by atoms with E-state index in [1.165, 1.54) is 11.3 Å². The van der Waals surface area contributed by atoms with Gasteiger partial charge in [0.25, 0.3) is 5.91 Å². The molecule has 0 saturated carbocycles. The number of aromatic nitrogens is 2. The van der Waals surface area contributed by atoms with E-state index in [1.54, 1.807) is 29.3 Å². The van der Waals surface area contributed by atoms with Crippen LogP contribution in [0.3, 0.4) is 0 Å². The number of aliphatic hydroxyl groups is 1. The van der Waals surface area contributed by atoms with E-state index >= 15 is 0 Å². The summed E-state index contributed by atoms with van der Waals surface area (Å²) in [5, 5.41) is 12.8. The summed E-state index contributed by atoms with van der Waals surface area (Å²) in [6.07, 6.45) is 2.45. The summed E-state index contributed by atoms with van der Waals surface area (Å²) in [7, 11) is 0. The van der Waals surface area contributed by atoms with Crippen LogP contribution >= 0.6 is 22.9 Å². The van der Waals surface area contributed by atoms with Crippen molar-refractivity contribution in [2.24, 2.45) is 0 Å². The van der Waals surface area contributed by atoms with Crippen molar-refractivity contribution in [2.75, 3.05) is 18.1 Å². The number of thiophene rings is 1. The molecule has 27 heavy (non-hydrogen) atoms. The van der Waals surface area contributed by atoms with Crippen LogP contribution in [0.4, 0.5) is 5.69 Å². The van der Waals surface area contributed by atoms with Crippen molar-refractivity contribution >= 4 is 50.7 Å². The second-order valence-electron chi connectivity index (χ2n) is 6.28. The van der Waals surface area contributed by atoms with Crippen molar-refractivity contribution in [3.8, 4) is 0 Å². The number of nitrogens with zero attached hydrogens (tertiary/aromatic N) is 2. The van der Waals surface area contributed by atoms with Crippen LogP contribution in [0.25, 0.3) is 10.2 Å². The molecule has 0 saturated heterocycles. The molecule has 140 valence electrons. The summed E-state index contributed by atoms with van der Waals surface area (Å²) in [6, 6.07) is 6.41. The predicted octanol–water partition coefficient (Wildman–Crippen LogP) is 2.35. The molecule has 0 bridgehead atoms. The normalized spacial score (nSPS) is 16.6. The Morgan fingerprint density at radius 2 is 2.33 bits per heavy atom. The van der Waals surface area contributed by atoms with Gasteiger partial charge in [0, 0.05) is 31.2 Å². The number of aromatic amines is 1. The lowest BCUT2D eigenvalue weighted by molar-refractivity contribution is -0.120. The number of pyridine rings is 1. The van der Waals surface area contributed by atoms with Gasteiger partial charge in [-0.1, -0.05) is 11.6 Å². The van der Waals surface area contributed by atoms with E-state index in [1.807, 2.05) is 6.07 Å². The number of H-pyrrole nitrogens is 1. The molecular formula is C18H17ClN4O3S. The first kappa shape index (κ1) is 18.0. The SMILES string of the molecule is O=C(NC1Cc2ncccc2N(CCCO)C1=O)c1cc2cc(Cl)sc2[nH]1. The van der Waals surface area contributed by atoms with Crippen molar-refractivity contribution < 1.29 is 14.7 Å². The van der Waals surface area contributed by atoms with E-state index < -0.39 is 6.04 Å². The molecule has 4 rings (SSSR count). The number of hydrogen-bond donors (Lipinski definition) is 3. The third-order valence-corrected chi connectivity index (χ3v) is 5.68. The minimum absolute atomic E-state index is 0.0157. The molecule has 7 nitrogen and oxygen atoms in total. The first-order valence-electron chi connectivity index (χ1n) is 8.52. The molecule has 1 aliphatic rings. The number of carbonyl (C=O) groups is 2. The lowest BCUT2D eigenvalue weighted by Crippen LogP contribution is -2.53. The number of fused-ring (bicyclic) bond motifs is 2. The molecule has 1 aliphatic heterocycles. The first-order chi connectivity index (χ1) is 13.1. The lowest BCUT2D eigenvalue weighted by Gasteiger charge is -2.33. The molecule has 0 aromatic carbocycles. The fourth-order valence-corrected chi connectivity index (χ4v) is 4.37. The van der Waals surface area contributed by atoms with E-state index in [9.17, 15) is 9.59 Å². The van der Waals surface area contributed by atoms with Gasteiger partial charge in [-0.25, -0.2) is 0 Å². The van der Waals surface area contributed by atoms with E-state index in [4.69, 9.17) is 16.7 Å². The maximum Gasteiger partial charge on any atom is 0.268 e. The molecule has 3 aromatic heterocycles. The Morgan fingerprint density at radius 1 is 1.48 bits per heavy atom. The lowest BCUT2D eigenvalue weighted by atomic mass is 10.0. The molecule has 0 aliphatic carbocycles. The van der Waals surface area contributed by atoms with Gasteiger partial charge in [0.2, 0.25) is 5.91 Å². The largest absolute Gasteiger partial charge is 0.396 e. The molecule has 0 fully saturated rings. The van der Waals surface area contributed by atoms with Gasteiger partial charge in [-0.2, -0.15) is 0 Å². The Labute approximate surface area is 164 Å². The third kappa shape index (κ3) is 3.43. The van der Waals surface area contributed by atoms with Crippen LogP contribution in [0.2, 0.25) is 4.34 Å². The zero-order valence-electron chi connectivity index (χ0n) is 14.2. The van der Waals surface area contributed by atoms with Gasteiger partial charge in [0.05, 0.1) is 15.7 Å². The van der Waals surface area contributed by atoms with Crippen molar-refractivity contribution in [3.05, 3.63) is 46.2 Å². The maximum atomic E-state index is 12.9. The minimum atomic E-state index is -0.705. The number of amides is 2. The fraction of sp³-hybridized carbons (Fsp3) is 0.278. The van der Waals surface area contributed by atoms with Gasteiger partial charge >= 0.3 is 0 Å². The highest BCUT2D eigenvalue weighted by Gasteiger charge is 2.34. The maximum absolute atomic E-state index is 12.9. The highest BCUT2D eigenvalue weighted by atomic mass is 35.5. The monoisotopic (exact) mass is 404 g/mol. The number of carbonyl (C=O) groups excluding carboxylic acids is 2. The van der Waals surface area contributed by atoms with Crippen LogP contribution in [0.5, 0.6) is 0 Å². The van der Waals surface area contributed by atoms with Gasteiger partial charge in [0.15, 0.2) is 0 Å². The summed E-state index contributed by atoms with van der Waals surface area (Å²) < 4.78 is 0.646. The van der Waals surface area contributed by atoms with Crippen LogP contribution in [0, 0.1) is 0 Å². The van der Waals surface area contributed by atoms with E-state index in [0.29, 0.717) is 29.4 Å². The Hall–Kier alpha value is -2.42. The molecule has 4 heterocycles. The number of aliphatic hydroxyl groups excluding tert-OH is 1. The molecular weight excluding hydrogens is 388 g/mol. The molecule has 3 aromatic rings. The molecule has 0 radical (unpaired) electrons. The molecule has 1 atom stereocenters. The van der Waals surface area contributed by atoms with Gasteiger partial charge in [-0.15, -0.1) is 11.3 Å². The molecule has 2 amide bonds. The van der Waals surface area contributed by atoms with Crippen LogP contribution < -0.4 is 10.2 Å².